The molecule has 3 aliphatic rings. The van der Waals surface area contributed by atoms with E-state index < -0.39 is 8.32 Å². The third-order valence-corrected chi connectivity index (χ3v) is 15.9. The Balaban J connectivity index is 1.70. The molecule has 2 saturated carbocycles. The Kier molecular flexibility index (Phi) is 6.87. The van der Waals surface area contributed by atoms with Crippen molar-refractivity contribution in [2.45, 2.75) is 69.6 Å². The molecule has 1 saturated heterocycles. The number of rotatable bonds is 5. The normalized spacial score (nSPS) is 34.6. The van der Waals surface area contributed by atoms with Gasteiger partial charge in [-0.15, -0.1) is 0 Å². The maximum atomic E-state index is 14.0. The fraction of sp³-hybridized carbons (Fsp3) is 0.630. The van der Waals surface area contributed by atoms with E-state index in [1.54, 1.807) is 0 Å². The topological polar surface area (TPSA) is 52.6 Å². The molecule has 1 aromatic rings. The van der Waals surface area contributed by atoms with Crippen LogP contribution in [0, 0.1) is 29.6 Å². The second-order valence-corrected chi connectivity index (χ2v) is 18.9. The van der Waals surface area contributed by atoms with Crippen LogP contribution in [0.1, 0.15) is 40.5 Å². The zero-order valence-corrected chi connectivity index (χ0v) is 23.5. The van der Waals surface area contributed by atoms with Crippen LogP contribution in [0.2, 0.25) is 22.9 Å². The van der Waals surface area contributed by atoms with Gasteiger partial charge in [0.05, 0.1) is 0 Å². The molecule has 4 rings (SSSR count). The summed E-state index contributed by atoms with van der Waals surface area (Å²) in [5.74, 6) is 0.0493. The van der Waals surface area contributed by atoms with E-state index in [4.69, 9.17) is 9.16 Å². The first-order valence-corrected chi connectivity index (χ1v) is 17.0. The predicted molar refractivity (Wildman–Crippen MR) is 135 cm³/mol. The molecule has 1 heterocycles. The standard InChI is InChI=1S/C27H38O4SeSi/c1-16-13-14-19-17(2)26(29)31-24(19)22-20(15-30-33(6,7)27(3,4)5)23(28)25(21(16)22)32-18-11-9-8-10-12-18/h8-12,17,19-22,24-25H,1,13-15H2,2-7H3/t17-,19-,20-,21-,22-,24-,25+/m0/s1. The summed E-state index contributed by atoms with van der Waals surface area (Å²) < 4.78 is 13.9. The molecule has 3 fully saturated rings. The van der Waals surface area contributed by atoms with Gasteiger partial charge in [0.2, 0.25) is 0 Å². The van der Waals surface area contributed by atoms with Gasteiger partial charge in [0.15, 0.2) is 0 Å². The number of carbonyl (C=O) groups is 2. The summed E-state index contributed by atoms with van der Waals surface area (Å²) in [5.41, 5.74) is 1.17. The van der Waals surface area contributed by atoms with Gasteiger partial charge in [-0.25, -0.2) is 0 Å². The van der Waals surface area contributed by atoms with Gasteiger partial charge < -0.3 is 0 Å². The van der Waals surface area contributed by atoms with Crippen LogP contribution < -0.4 is 4.46 Å². The van der Waals surface area contributed by atoms with Gasteiger partial charge >= 0.3 is 207 Å². The van der Waals surface area contributed by atoms with Crippen LogP contribution in [0.5, 0.6) is 0 Å². The third kappa shape index (κ3) is 4.56. The average molecular weight is 534 g/mol. The molecule has 6 heteroatoms. The molecule has 0 spiro atoms. The van der Waals surface area contributed by atoms with Crippen molar-refractivity contribution in [1.82, 2.24) is 0 Å². The van der Waals surface area contributed by atoms with E-state index in [1.807, 2.05) is 25.1 Å². The molecule has 0 bridgehead atoms. The molecule has 0 amide bonds. The number of fused-ring (bicyclic) bond motifs is 3. The van der Waals surface area contributed by atoms with Crippen molar-refractivity contribution in [2.75, 3.05) is 6.61 Å². The summed E-state index contributed by atoms with van der Waals surface area (Å²) in [5, 5.41) is 0.0748. The molecular weight excluding hydrogens is 495 g/mol. The van der Waals surface area contributed by atoms with E-state index in [0.29, 0.717) is 12.4 Å². The number of ketones is 1. The Hall–Kier alpha value is -1.20. The Morgan fingerprint density at radius 1 is 1.18 bits per heavy atom. The van der Waals surface area contributed by atoms with Crippen LogP contribution in [0.25, 0.3) is 0 Å². The van der Waals surface area contributed by atoms with E-state index in [9.17, 15) is 9.59 Å². The number of esters is 1. The summed E-state index contributed by atoms with van der Waals surface area (Å²) in [6, 6.07) is 10.4. The van der Waals surface area contributed by atoms with Crippen molar-refractivity contribution in [3.8, 4) is 0 Å². The predicted octanol–water partition coefficient (Wildman–Crippen LogP) is 4.79. The Labute approximate surface area is 206 Å². The van der Waals surface area contributed by atoms with Crippen molar-refractivity contribution in [1.29, 1.82) is 0 Å². The Morgan fingerprint density at radius 2 is 1.85 bits per heavy atom. The fourth-order valence-electron chi connectivity index (χ4n) is 5.52. The zero-order chi connectivity index (χ0) is 24.1. The third-order valence-electron chi connectivity index (χ3n) is 8.63. The summed E-state index contributed by atoms with van der Waals surface area (Å²) in [6.07, 6.45) is 1.58. The molecule has 7 atom stereocenters. The fourth-order valence-corrected chi connectivity index (χ4v) is 9.53. The zero-order valence-electron chi connectivity index (χ0n) is 20.8. The monoisotopic (exact) mass is 534 g/mol. The first-order valence-electron chi connectivity index (χ1n) is 12.2. The second kappa shape index (κ2) is 9.11. The van der Waals surface area contributed by atoms with E-state index in [2.05, 4.69) is 52.6 Å². The van der Waals surface area contributed by atoms with Crippen molar-refractivity contribution in [3.05, 3.63) is 42.5 Å². The van der Waals surface area contributed by atoms with Gasteiger partial charge in [0.1, 0.15) is 0 Å². The van der Waals surface area contributed by atoms with Gasteiger partial charge in [0.25, 0.3) is 0 Å². The van der Waals surface area contributed by atoms with Crippen LogP contribution >= 0.6 is 0 Å². The molecule has 0 N–H and O–H groups in total. The first kappa shape index (κ1) is 24.9. The molecular formula is C27H38O4SeSi. The van der Waals surface area contributed by atoms with E-state index in [1.165, 1.54) is 10.0 Å². The second-order valence-electron chi connectivity index (χ2n) is 11.6. The molecule has 180 valence electrons. The van der Waals surface area contributed by atoms with Gasteiger partial charge in [-0.05, 0) is 0 Å². The Bertz CT molecular complexity index is 922. The molecule has 33 heavy (non-hydrogen) atoms. The number of hydrogen-bond acceptors (Lipinski definition) is 4. The molecule has 1 aromatic carbocycles. The van der Waals surface area contributed by atoms with E-state index in [-0.39, 0.29) is 66.5 Å². The number of benzene rings is 1. The van der Waals surface area contributed by atoms with Gasteiger partial charge in [-0.3, -0.25) is 0 Å². The molecule has 0 aromatic heterocycles. The maximum absolute atomic E-state index is 14.0. The summed E-state index contributed by atoms with van der Waals surface area (Å²) >= 11 is 0.00396. The minimum absolute atomic E-state index is 0.00396. The number of allylic oxidation sites excluding steroid dienone is 1. The molecule has 0 radical (unpaired) electrons. The quantitative estimate of drug-likeness (QED) is 0.311. The molecule has 1 aliphatic heterocycles. The van der Waals surface area contributed by atoms with Gasteiger partial charge in [0, 0.05) is 0 Å². The van der Waals surface area contributed by atoms with Crippen LogP contribution in [-0.2, 0) is 18.8 Å². The number of carbonyl (C=O) groups excluding carboxylic acids is 2. The van der Waals surface area contributed by atoms with Crippen molar-refractivity contribution in [3.63, 3.8) is 0 Å². The number of hydrogen-bond donors (Lipinski definition) is 0. The van der Waals surface area contributed by atoms with Crippen molar-refractivity contribution < 1.29 is 18.8 Å². The minimum atomic E-state index is -2.02. The summed E-state index contributed by atoms with van der Waals surface area (Å²) in [4.78, 5) is 26.5. The number of Topliss-reactive ketones (excluding diaryl/α,β-unsaturated/α-hetero) is 1. The van der Waals surface area contributed by atoms with Crippen LogP contribution in [-0.4, -0.2) is 47.7 Å². The number of ether oxygens (including phenoxy) is 1. The van der Waals surface area contributed by atoms with Gasteiger partial charge in [-0.1, -0.05) is 0 Å². The van der Waals surface area contributed by atoms with Gasteiger partial charge in [-0.2, -0.15) is 0 Å². The van der Waals surface area contributed by atoms with Crippen LogP contribution in [0.15, 0.2) is 42.5 Å². The summed E-state index contributed by atoms with van der Waals surface area (Å²) in [6.45, 7) is 18.1. The average Bonchev–Trinajstić information content (AvgIpc) is 3.12. The molecule has 4 nitrogen and oxygen atoms in total. The van der Waals surface area contributed by atoms with E-state index >= 15 is 0 Å². The molecule has 0 unspecified atom stereocenters. The van der Waals surface area contributed by atoms with Crippen molar-refractivity contribution in [2.24, 2.45) is 29.6 Å². The first-order chi connectivity index (χ1) is 15.4. The van der Waals surface area contributed by atoms with Crippen LogP contribution in [0.4, 0.5) is 0 Å². The molecule has 2 aliphatic carbocycles. The van der Waals surface area contributed by atoms with Crippen LogP contribution in [0.3, 0.4) is 0 Å². The Morgan fingerprint density at radius 3 is 2.48 bits per heavy atom. The SMILES string of the molecule is C=C1CC[C@@H]2[C@H](OC(=O)[C@H]2C)[C@@H]2[C@H]1[C@@H]([Se]c1ccccc1)C(=O)[C@H]2CO[Si](C)(C)C(C)(C)C. The van der Waals surface area contributed by atoms with Crippen molar-refractivity contribution >= 4 is 39.5 Å². The van der Waals surface area contributed by atoms with E-state index in [0.717, 1.165) is 12.8 Å². The summed E-state index contributed by atoms with van der Waals surface area (Å²) in [7, 11) is -2.02.